The van der Waals surface area contributed by atoms with E-state index in [2.05, 4.69) is 67.3 Å². The quantitative estimate of drug-likeness (QED) is 0.197. The Bertz CT molecular complexity index is 1310. The van der Waals surface area contributed by atoms with E-state index in [0.29, 0.717) is 39.3 Å². The SMILES string of the molecule is Cc1cccc(COc2ccccc2CN(CCC(N)C(=O)O)Cc2ccccc2OCc2cccc(C)c2)c1. The van der Waals surface area contributed by atoms with E-state index in [0.717, 1.165) is 33.8 Å². The molecule has 0 saturated carbocycles. The highest BCUT2D eigenvalue weighted by molar-refractivity contribution is 5.73. The van der Waals surface area contributed by atoms with Crippen molar-refractivity contribution >= 4 is 5.97 Å². The van der Waals surface area contributed by atoms with Gasteiger partial charge in [-0.3, -0.25) is 9.69 Å². The van der Waals surface area contributed by atoms with E-state index in [1.165, 1.54) is 11.1 Å². The molecule has 208 valence electrons. The number of nitrogens with two attached hydrogens (primary N) is 1. The predicted octanol–water partition coefficient (Wildman–Crippen LogP) is 6.27. The van der Waals surface area contributed by atoms with Crippen LogP contribution in [0.1, 0.15) is 39.8 Å². The third-order valence-corrected chi connectivity index (χ3v) is 6.76. The Morgan fingerprint density at radius 2 is 1.23 bits per heavy atom. The molecule has 0 aromatic heterocycles. The van der Waals surface area contributed by atoms with Crippen LogP contribution in [0.4, 0.5) is 0 Å². The Morgan fingerprint density at radius 3 is 1.68 bits per heavy atom. The standard InChI is InChI=1S/C34H38N2O4/c1-25-9-7-11-27(19-25)23-39-32-15-5-3-13-29(32)21-36(18-17-31(35)34(37)38)22-30-14-4-6-16-33(30)40-24-28-12-8-10-26(2)20-28/h3-16,19-20,31H,17-18,21-24,35H2,1-2H3,(H,37,38). The zero-order valence-electron chi connectivity index (χ0n) is 23.3. The summed E-state index contributed by atoms with van der Waals surface area (Å²) in [6.07, 6.45) is 0.327. The van der Waals surface area contributed by atoms with Crippen molar-refractivity contribution in [3.63, 3.8) is 0 Å². The lowest BCUT2D eigenvalue weighted by Gasteiger charge is -2.25. The summed E-state index contributed by atoms with van der Waals surface area (Å²) in [5, 5.41) is 9.37. The molecule has 1 atom stereocenters. The van der Waals surface area contributed by atoms with Crippen LogP contribution in [-0.4, -0.2) is 28.6 Å². The van der Waals surface area contributed by atoms with Crippen molar-refractivity contribution in [1.29, 1.82) is 0 Å². The topological polar surface area (TPSA) is 85.0 Å². The lowest BCUT2D eigenvalue weighted by molar-refractivity contribution is -0.138. The first-order chi connectivity index (χ1) is 19.4. The van der Waals surface area contributed by atoms with Crippen LogP contribution in [0, 0.1) is 13.8 Å². The molecule has 6 heteroatoms. The van der Waals surface area contributed by atoms with E-state index >= 15 is 0 Å². The van der Waals surface area contributed by atoms with Crippen molar-refractivity contribution in [2.75, 3.05) is 6.54 Å². The number of aliphatic carboxylic acids is 1. The van der Waals surface area contributed by atoms with Gasteiger partial charge in [-0.25, -0.2) is 0 Å². The molecule has 0 bridgehead atoms. The first kappa shape index (κ1) is 28.9. The molecule has 0 aliphatic rings. The number of carboxylic acid groups (broad SMARTS) is 1. The number of rotatable bonds is 14. The molecule has 0 radical (unpaired) electrons. The molecule has 6 nitrogen and oxygen atoms in total. The Hall–Kier alpha value is -4.13. The number of carbonyl (C=O) groups is 1. The van der Waals surface area contributed by atoms with Gasteiger partial charge in [0.2, 0.25) is 0 Å². The average molecular weight is 539 g/mol. The van der Waals surface area contributed by atoms with Gasteiger partial charge in [0.25, 0.3) is 0 Å². The van der Waals surface area contributed by atoms with Crippen LogP contribution >= 0.6 is 0 Å². The molecule has 0 saturated heterocycles. The number of nitrogens with zero attached hydrogens (tertiary/aromatic N) is 1. The Kier molecular flexibility index (Phi) is 10.3. The monoisotopic (exact) mass is 538 g/mol. The van der Waals surface area contributed by atoms with Gasteiger partial charge in [0, 0.05) is 30.8 Å². The highest BCUT2D eigenvalue weighted by Gasteiger charge is 2.18. The van der Waals surface area contributed by atoms with Crippen LogP contribution in [0.2, 0.25) is 0 Å². The number of benzene rings is 4. The normalized spacial score (nSPS) is 11.8. The average Bonchev–Trinajstić information content (AvgIpc) is 2.95. The van der Waals surface area contributed by atoms with Gasteiger partial charge in [0.1, 0.15) is 30.8 Å². The summed E-state index contributed by atoms with van der Waals surface area (Å²) in [5.41, 5.74) is 12.5. The minimum absolute atomic E-state index is 0.327. The minimum Gasteiger partial charge on any atom is -0.489 e. The maximum absolute atomic E-state index is 11.4. The number of aryl methyl sites for hydroxylation is 2. The molecule has 0 spiro atoms. The van der Waals surface area contributed by atoms with Crippen LogP contribution < -0.4 is 15.2 Å². The summed E-state index contributed by atoms with van der Waals surface area (Å²) in [5.74, 6) is 0.616. The van der Waals surface area contributed by atoms with Gasteiger partial charge in [-0.2, -0.15) is 0 Å². The van der Waals surface area contributed by atoms with Gasteiger partial charge in [0.15, 0.2) is 0 Å². The van der Waals surface area contributed by atoms with E-state index in [1.54, 1.807) is 0 Å². The molecule has 0 fully saturated rings. The van der Waals surface area contributed by atoms with Gasteiger partial charge in [-0.1, -0.05) is 96.1 Å². The lowest BCUT2D eigenvalue weighted by atomic mass is 10.1. The fourth-order valence-corrected chi connectivity index (χ4v) is 4.62. The lowest BCUT2D eigenvalue weighted by Crippen LogP contribution is -2.35. The zero-order chi connectivity index (χ0) is 28.3. The largest absolute Gasteiger partial charge is 0.489 e. The van der Waals surface area contributed by atoms with Gasteiger partial charge >= 0.3 is 5.97 Å². The fourth-order valence-electron chi connectivity index (χ4n) is 4.62. The summed E-state index contributed by atoms with van der Waals surface area (Å²) >= 11 is 0. The number of hydrogen-bond acceptors (Lipinski definition) is 5. The molecule has 0 heterocycles. The molecule has 3 N–H and O–H groups in total. The third kappa shape index (κ3) is 8.70. The summed E-state index contributed by atoms with van der Waals surface area (Å²) < 4.78 is 12.5. The van der Waals surface area contributed by atoms with E-state index < -0.39 is 12.0 Å². The molecule has 4 aromatic rings. The summed E-state index contributed by atoms with van der Waals surface area (Å²) in [6, 6.07) is 31.6. The molecule has 4 aromatic carbocycles. The number of para-hydroxylation sites is 2. The Morgan fingerprint density at radius 1 is 0.750 bits per heavy atom. The molecule has 0 aliphatic heterocycles. The Labute approximate surface area is 237 Å². The van der Waals surface area contributed by atoms with E-state index in [1.807, 2.05) is 48.5 Å². The molecule has 1 unspecified atom stereocenters. The van der Waals surface area contributed by atoms with Gasteiger partial charge < -0.3 is 20.3 Å². The second kappa shape index (κ2) is 14.3. The van der Waals surface area contributed by atoms with Crippen molar-refractivity contribution in [3.05, 3.63) is 130 Å². The molecular weight excluding hydrogens is 500 g/mol. The van der Waals surface area contributed by atoms with Crippen molar-refractivity contribution < 1.29 is 19.4 Å². The second-order valence-electron chi connectivity index (χ2n) is 10.2. The maximum Gasteiger partial charge on any atom is 0.320 e. The van der Waals surface area contributed by atoms with Crippen LogP contribution in [-0.2, 0) is 31.1 Å². The molecule has 40 heavy (non-hydrogen) atoms. The highest BCUT2D eigenvalue weighted by atomic mass is 16.5. The first-order valence-corrected chi connectivity index (χ1v) is 13.6. The summed E-state index contributed by atoms with van der Waals surface area (Å²) in [6.45, 7) is 6.73. The number of hydrogen-bond donors (Lipinski definition) is 2. The van der Waals surface area contributed by atoms with Gasteiger partial charge in [0.05, 0.1) is 0 Å². The van der Waals surface area contributed by atoms with E-state index in [-0.39, 0.29) is 0 Å². The Balaban J connectivity index is 1.51. The van der Waals surface area contributed by atoms with E-state index in [4.69, 9.17) is 15.2 Å². The van der Waals surface area contributed by atoms with Crippen molar-refractivity contribution in [1.82, 2.24) is 4.90 Å². The predicted molar refractivity (Wildman–Crippen MR) is 158 cm³/mol. The van der Waals surface area contributed by atoms with Gasteiger partial charge in [-0.05, 0) is 43.5 Å². The van der Waals surface area contributed by atoms with Gasteiger partial charge in [-0.15, -0.1) is 0 Å². The summed E-state index contributed by atoms with van der Waals surface area (Å²) in [7, 11) is 0. The number of carboxylic acids is 1. The molecule has 0 amide bonds. The van der Waals surface area contributed by atoms with Crippen molar-refractivity contribution in [3.8, 4) is 11.5 Å². The van der Waals surface area contributed by atoms with Crippen molar-refractivity contribution in [2.24, 2.45) is 5.73 Å². The van der Waals surface area contributed by atoms with Crippen LogP contribution in [0.5, 0.6) is 11.5 Å². The van der Waals surface area contributed by atoms with Crippen LogP contribution in [0.15, 0.2) is 97.1 Å². The smallest absolute Gasteiger partial charge is 0.320 e. The fraction of sp³-hybridized carbons (Fsp3) is 0.265. The minimum atomic E-state index is -0.997. The highest BCUT2D eigenvalue weighted by Crippen LogP contribution is 2.26. The zero-order valence-corrected chi connectivity index (χ0v) is 23.3. The second-order valence-corrected chi connectivity index (χ2v) is 10.2. The summed E-state index contributed by atoms with van der Waals surface area (Å²) in [4.78, 5) is 13.6. The van der Waals surface area contributed by atoms with Crippen LogP contribution in [0.3, 0.4) is 0 Å². The van der Waals surface area contributed by atoms with Crippen molar-refractivity contribution in [2.45, 2.75) is 52.6 Å². The first-order valence-electron chi connectivity index (χ1n) is 13.6. The molecule has 0 aliphatic carbocycles. The molecular formula is C34H38N2O4. The van der Waals surface area contributed by atoms with Crippen LogP contribution in [0.25, 0.3) is 0 Å². The number of ether oxygens (including phenoxy) is 2. The maximum atomic E-state index is 11.4. The molecule has 4 rings (SSSR count). The van der Waals surface area contributed by atoms with E-state index in [9.17, 15) is 9.90 Å². The third-order valence-electron chi connectivity index (χ3n) is 6.76.